The third-order valence-corrected chi connectivity index (χ3v) is 2.00. The van der Waals surface area contributed by atoms with Gasteiger partial charge in [-0.25, -0.2) is 8.78 Å². The van der Waals surface area contributed by atoms with Gasteiger partial charge in [-0.05, 0) is 6.92 Å². The summed E-state index contributed by atoms with van der Waals surface area (Å²) < 4.78 is 36.0. The molecule has 0 aliphatic rings. The number of aliphatic hydroxyl groups is 1. The van der Waals surface area contributed by atoms with Crippen LogP contribution in [0.1, 0.15) is 18.6 Å². The highest BCUT2D eigenvalue weighted by atomic mass is 19.1. The van der Waals surface area contributed by atoms with E-state index >= 15 is 0 Å². The Morgan fingerprint density at radius 3 is 1.80 bits per heavy atom. The molecule has 0 bridgehead atoms. The van der Waals surface area contributed by atoms with E-state index in [1.54, 1.807) is 0 Å². The Balaban J connectivity index is 3.51. The molecule has 84 valence electrons. The lowest BCUT2D eigenvalue weighted by atomic mass is 10.1. The fourth-order valence-corrected chi connectivity index (χ4v) is 1.40. The second kappa shape index (κ2) is 4.44. The van der Waals surface area contributed by atoms with Crippen LogP contribution in [0.2, 0.25) is 0 Å². The Morgan fingerprint density at radius 2 is 1.53 bits per heavy atom. The SMILES string of the molecule is COc1c(F)cc(F)c(OC)c1C(C)O. The molecule has 0 aliphatic carbocycles. The number of hydrogen-bond donors (Lipinski definition) is 1. The first-order valence-electron chi connectivity index (χ1n) is 4.30. The van der Waals surface area contributed by atoms with E-state index in [4.69, 9.17) is 9.47 Å². The van der Waals surface area contributed by atoms with Crippen LogP contribution in [0.4, 0.5) is 8.78 Å². The van der Waals surface area contributed by atoms with E-state index in [2.05, 4.69) is 0 Å². The van der Waals surface area contributed by atoms with Crippen LogP contribution >= 0.6 is 0 Å². The van der Waals surface area contributed by atoms with Crippen molar-refractivity contribution in [3.05, 3.63) is 23.3 Å². The van der Waals surface area contributed by atoms with Crippen LogP contribution in [0.5, 0.6) is 11.5 Å². The molecule has 0 radical (unpaired) electrons. The van der Waals surface area contributed by atoms with Gasteiger partial charge in [-0.15, -0.1) is 0 Å². The Morgan fingerprint density at radius 1 is 1.13 bits per heavy atom. The van der Waals surface area contributed by atoms with Crippen LogP contribution in [0.25, 0.3) is 0 Å². The highest BCUT2D eigenvalue weighted by molar-refractivity contribution is 5.48. The van der Waals surface area contributed by atoms with Crippen molar-refractivity contribution in [2.75, 3.05) is 14.2 Å². The molecular formula is C10H12F2O3. The van der Waals surface area contributed by atoms with Gasteiger partial charge < -0.3 is 14.6 Å². The summed E-state index contributed by atoms with van der Waals surface area (Å²) in [4.78, 5) is 0. The monoisotopic (exact) mass is 218 g/mol. The molecule has 0 spiro atoms. The molecule has 0 amide bonds. The highest BCUT2D eigenvalue weighted by Crippen LogP contribution is 2.38. The van der Waals surface area contributed by atoms with Crippen molar-refractivity contribution in [1.82, 2.24) is 0 Å². The van der Waals surface area contributed by atoms with E-state index in [1.165, 1.54) is 21.1 Å². The van der Waals surface area contributed by atoms with E-state index in [9.17, 15) is 13.9 Å². The Hall–Kier alpha value is -1.36. The van der Waals surface area contributed by atoms with Gasteiger partial charge >= 0.3 is 0 Å². The zero-order valence-corrected chi connectivity index (χ0v) is 8.67. The molecule has 0 saturated carbocycles. The number of rotatable bonds is 3. The van der Waals surface area contributed by atoms with Crippen molar-refractivity contribution in [2.24, 2.45) is 0 Å². The Labute approximate surface area is 86.2 Å². The van der Waals surface area contributed by atoms with Crippen molar-refractivity contribution in [2.45, 2.75) is 13.0 Å². The molecule has 1 aromatic carbocycles. The fraction of sp³-hybridized carbons (Fsp3) is 0.400. The summed E-state index contributed by atoms with van der Waals surface area (Å²) in [6, 6.07) is 0.656. The molecule has 15 heavy (non-hydrogen) atoms. The van der Waals surface area contributed by atoms with Crippen LogP contribution in [0, 0.1) is 11.6 Å². The molecule has 0 aromatic heterocycles. The number of aliphatic hydroxyl groups excluding tert-OH is 1. The maximum Gasteiger partial charge on any atom is 0.168 e. The lowest BCUT2D eigenvalue weighted by Gasteiger charge is -2.16. The van der Waals surface area contributed by atoms with Crippen molar-refractivity contribution >= 4 is 0 Å². The summed E-state index contributed by atoms with van der Waals surface area (Å²) in [6.07, 6.45) is -1.08. The molecule has 1 atom stereocenters. The van der Waals surface area contributed by atoms with Crippen LogP contribution in [-0.2, 0) is 0 Å². The lowest BCUT2D eigenvalue weighted by molar-refractivity contribution is 0.185. The minimum atomic E-state index is -1.08. The fourth-order valence-electron chi connectivity index (χ4n) is 1.40. The predicted octanol–water partition coefficient (Wildman–Crippen LogP) is 2.04. The molecule has 1 aromatic rings. The maximum atomic E-state index is 13.3. The minimum Gasteiger partial charge on any atom is -0.493 e. The van der Waals surface area contributed by atoms with Gasteiger partial charge in [0.05, 0.1) is 25.9 Å². The first-order valence-corrected chi connectivity index (χ1v) is 4.30. The third-order valence-electron chi connectivity index (χ3n) is 2.00. The van der Waals surface area contributed by atoms with E-state index in [-0.39, 0.29) is 17.1 Å². The molecule has 1 N–H and O–H groups in total. The highest BCUT2D eigenvalue weighted by Gasteiger charge is 2.23. The van der Waals surface area contributed by atoms with Crippen LogP contribution < -0.4 is 9.47 Å². The van der Waals surface area contributed by atoms with Crippen molar-refractivity contribution < 1.29 is 23.4 Å². The summed E-state index contributed by atoms with van der Waals surface area (Å²) in [5.74, 6) is -2.15. The lowest BCUT2D eigenvalue weighted by Crippen LogP contribution is -2.04. The summed E-state index contributed by atoms with van der Waals surface area (Å²) in [5.41, 5.74) is -0.0301. The van der Waals surface area contributed by atoms with Gasteiger partial charge in [0.1, 0.15) is 0 Å². The molecule has 0 saturated heterocycles. The Kier molecular flexibility index (Phi) is 3.47. The summed E-state index contributed by atoms with van der Waals surface area (Å²) in [6.45, 7) is 1.37. The number of halogens is 2. The van der Waals surface area contributed by atoms with Crippen molar-refractivity contribution in [3.8, 4) is 11.5 Å². The average Bonchev–Trinajstić information content (AvgIpc) is 2.16. The zero-order valence-electron chi connectivity index (χ0n) is 8.67. The Bertz CT molecular complexity index is 336. The predicted molar refractivity (Wildman–Crippen MR) is 50.1 cm³/mol. The number of ether oxygens (including phenoxy) is 2. The van der Waals surface area contributed by atoms with Crippen LogP contribution in [-0.4, -0.2) is 19.3 Å². The average molecular weight is 218 g/mol. The smallest absolute Gasteiger partial charge is 0.168 e. The molecule has 3 nitrogen and oxygen atoms in total. The van der Waals surface area contributed by atoms with Gasteiger partial charge in [-0.3, -0.25) is 0 Å². The van der Waals surface area contributed by atoms with Gasteiger partial charge in [0.25, 0.3) is 0 Å². The van der Waals surface area contributed by atoms with Crippen LogP contribution in [0.3, 0.4) is 0 Å². The summed E-state index contributed by atoms with van der Waals surface area (Å²) in [7, 11) is 2.48. The van der Waals surface area contributed by atoms with Crippen LogP contribution in [0.15, 0.2) is 6.07 Å². The first kappa shape index (κ1) is 11.7. The molecule has 5 heteroatoms. The quantitative estimate of drug-likeness (QED) is 0.843. The number of benzene rings is 1. The van der Waals surface area contributed by atoms with E-state index < -0.39 is 17.7 Å². The number of hydrogen-bond acceptors (Lipinski definition) is 3. The molecule has 0 heterocycles. The molecular weight excluding hydrogens is 206 g/mol. The normalized spacial score (nSPS) is 12.4. The molecule has 0 aliphatic heterocycles. The van der Waals surface area contributed by atoms with Crippen molar-refractivity contribution in [3.63, 3.8) is 0 Å². The molecule has 1 unspecified atom stereocenters. The van der Waals surface area contributed by atoms with E-state index in [0.29, 0.717) is 6.07 Å². The maximum absolute atomic E-state index is 13.3. The van der Waals surface area contributed by atoms with Gasteiger partial charge in [0, 0.05) is 6.07 Å². The second-order valence-corrected chi connectivity index (χ2v) is 3.00. The van der Waals surface area contributed by atoms with Gasteiger partial charge in [0.2, 0.25) is 0 Å². The largest absolute Gasteiger partial charge is 0.493 e. The second-order valence-electron chi connectivity index (χ2n) is 3.00. The van der Waals surface area contributed by atoms with Gasteiger partial charge in [0.15, 0.2) is 23.1 Å². The molecule has 1 rings (SSSR count). The van der Waals surface area contributed by atoms with E-state index in [1.807, 2.05) is 0 Å². The summed E-state index contributed by atoms with van der Waals surface area (Å²) in [5, 5.41) is 9.40. The number of methoxy groups -OCH3 is 2. The minimum absolute atomic E-state index is 0.0301. The van der Waals surface area contributed by atoms with E-state index in [0.717, 1.165) is 0 Å². The summed E-state index contributed by atoms with van der Waals surface area (Å²) >= 11 is 0. The standard InChI is InChI=1S/C10H12F2O3/c1-5(13)8-9(14-2)6(11)4-7(12)10(8)15-3/h4-5,13H,1-3H3. The van der Waals surface area contributed by atoms with Gasteiger partial charge in [-0.1, -0.05) is 0 Å². The first-order chi connectivity index (χ1) is 7.02. The molecule has 0 fully saturated rings. The van der Waals surface area contributed by atoms with Gasteiger partial charge in [-0.2, -0.15) is 0 Å². The third kappa shape index (κ3) is 2.02. The van der Waals surface area contributed by atoms with Crippen molar-refractivity contribution in [1.29, 1.82) is 0 Å². The topological polar surface area (TPSA) is 38.7 Å². The zero-order chi connectivity index (χ0) is 11.6.